The van der Waals surface area contributed by atoms with E-state index in [4.69, 9.17) is 5.73 Å². The van der Waals surface area contributed by atoms with Crippen molar-refractivity contribution in [1.82, 2.24) is 20.9 Å². The molecule has 3 rings (SSSR count). The molecule has 2 aromatic rings. The van der Waals surface area contributed by atoms with Crippen molar-refractivity contribution in [3.05, 3.63) is 59.2 Å². The second kappa shape index (κ2) is 12.7. The quantitative estimate of drug-likeness (QED) is 0.209. The highest BCUT2D eigenvalue weighted by molar-refractivity contribution is 7.98. The summed E-state index contributed by atoms with van der Waals surface area (Å²) in [7, 11) is 0. The van der Waals surface area contributed by atoms with Crippen LogP contribution in [0, 0.1) is 0 Å². The predicted molar refractivity (Wildman–Crippen MR) is 140 cm³/mol. The minimum Gasteiger partial charge on any atom is -0.398 e. The number of hydrogen-bond donors (Lipinski definition) is 4. The summed E-state index contributed by atoms with van der Waals surface area (Å²) in [6.45, 7) is 4.68. The van der Waals surface area contributed by atoms with Gasteiger partial charge >= 0.3 is 6.18 Å². The number of rotatable bonds is 10. The smallest absolute Gasteiger partial charge is 0.398 e. The van der Waals surface area contributed by atoms with Crippen LogP contribution in [0.5, 0.6) is 0 Å². The Balaban J connectivity index is 1.67. The summed E-state index contributed by atoms with van der Waals surface area (Å²) >= 11 is 1.66. The van der Waals surface area contributed by atoms with Gasteiger partial charge in [-0.2, -0.15) is 13.2 Å². The average Bonchev–Trinajstić information content (AvgIpc) is 2.86. The van der Waals surface area contributed by atoms with Crippen LogP contribution in [0.15, 0.2) is 47.4 Å². The summed E-state index contributed by atoms with van der Waals surface area (Å²) < 4.78 is 39.2. The lowest BCUT2D eigenvalue weighted by atomic mass is 9.96. The number of thioether (sulfide) groups is 1. The van der Waals surface area contributed by atoms with Gasteiger partial charge in [0.2, 0.25) is 5.91 Å². The monoisotopic (exact) mass is 537 g/mol. The van der Waals surface area contributed by atoms with Crippen molar-refractivity contribution >= 4 is 29.3 Å². The van der Waals surface area contributed by atoms with Gasteiger partial charge in [0.15, 0.2) is 0 Å². The SMILES string of the molecule is CCCN1CCC[C@](NCc2ccc(SC)cc2)(NC(=O)CNC(=O)c2cc(C(F)(F)F)ccc2N)C1. The van der Waals surface area contributed by atoms with Crippen molar-refractivity contribution in [1.29, 1.82) is 0 Å². The number of nitrogens with one attached hydrogen (secondary N) is 3. The Morgan fingerprint density at radius 3 is 2.54 bits per heavy atom. The fourth-order valence-electron chi connectivity index (χ4n) is 4.45. The molecule has 7 nitrogen and oxygen atoms in total. The van der Waals surface area contributed by atoms with Gasteiger partial charge < -0.3 is 16.4 Å². The van der Waals surface area contributed by atoms with Crippen molar-refractivity contribution in [3.63, 3.8) is 0 Å². The number of amides is 2. The lowest BCUT2D eigenvalue weighted by molar-refractivity contribution is -0.137. The number of alkyl halides is 3. The molecule has 0 radical (unpaired) electrons. The van der Waals surface area contributed by atoms with Gasteiger partial charge in [-0.05, 0) is 74.5 Å². The molecule has 1 heterocycles. The van der Waals surface area contributed by atoms with E-state index < -0.39 is 35.8 Å². The van der Waals surface area contributed by atoms with Crippen molar-refractivity contribution in [2.75, 3.05) is 38.2 Å². The number of benzene rings is 2. The molecule has 0 bridgehead atoms. The molecule has 0 aromatic heterocycles. The molecule has 1 aliphatic heterocycles. The fraction of sp³-hybridized carbons (Fsp3) is 0.462. The molecule has 1 fully saturated rings. The lowest BCUT2D eigenvalue weighted by Gasteiger charge is -2.44. The van der Waals surface area contributed by atoms with Gasteiger partial charge in [-0.3, -0.25) is 19.8 Å². The topological polar surface area (TPSA) is 99.5 Å². The molecule has 2 aromatic carbocycles. The molecular formula is C26H34F3N5O2S. The zero-order valence-corrected chi connectivity index (χ0v) is 21.9. The summed E-state index contributed by atoms with van der Waals surface area (Å²) in [5.41, 5.74) is 4.69. The van der Waals surface area contributed by atoms with E-state index in [0.717, 1.165) is 48.5 Å². The maximum atomic E-state index is 13.1. The Kier molecular flexibility index (Phi) is 9.86. The van der Waals surface area contributed by atoms with Crippen molar-refractivity contribution in [2.24, 2.45) is 0 Å². The standard InChI is InChI=1S/C26H34F3N5O2S/c1-3-12-34-13-4-11-25(17-34,32-15-18-5-8-20(37-2)9-6-18)33-23(35)16-31-24(36)21-14-19(26(27,28)29)7-10-22(21)30/h5-10,14,32H,3-4,11-13,15-17,30H2,1-2H3,(H,31,36)(H,33,35)/t25-/m0/s1. The lowest BCUT2D eigenvalue weighted by Crippen LogP contribution is -2.67. The number of halogens is 3. The minimum absolute atomic E-state index is 0.0981. The number of nitrogen functional groups attached to an aromatic ring is 1. The predicted octanol–water partition coefficient (Wildman–Crippen LogP) is 3.85. The Bertz CT molecular complexity index is 1080. The number of piperidine rings is 1. The van der Waals surface area contributed by atoms with Gasteiger partial charge in [0.05, 0.1) is 17.7 Å². The summed E-state index contributed by atoms with van der Waals surface area (Å²) in [5.74, 6) is -1.28. The number of nitrogens with two attached hydrogens (primary N) is 1. The maximum absolute atomic E-state index is 13.1. The van der Waals surface area contributed by atoms with E-state index in [0.29, 0.717) is 25.6 Å². The van der Waals surface area contributed by atoms with E-state index in [2.05, 4.69) is 27.8 Å². The van der Waals surface area contributed by atoms with Gasteiger partial charge in [-0.15, -0.1) is 11.8 Å². The van der Waals surface area contributed by atoms with Crippen LogP contribution in [-0.2, 0) is 17.5 Å². The first-order valence-electron chi connectivity index (χ1n) is 12.2. The van der Waals surface area contributed by atoms with Crippen molar-refractivity contribution in [3.8, 4) is 0 Å². The van der Waals surface area contributed by atoms with Crippen LogP contribution in [0.25, 0.3) is 0 Å². The first-order valence-corrected chi connectivity index (χ1v) is 13.4. The van der Waals surface area contributed by atoms with Gasteiger partial charge in [0, 0.05) is 23.7 Å². The van der Waals surface area contributed by atoms with Gasteiger partial charge in [0.25, 0.3) is 5.91 Å². The third-order valence-corrected chi connectivity index (χ3v) is 7.06. The van der Waals surface area contributed by atoms with Crippen LogP contribution >= 0.6 is 11.8 Å². The molecule has 0 unspecified atom stereocenters. The van der Waals surface area contributed by atoms with Gasteiger partial charge in [-0.1, -0.05) is 19.1 Å². The fourth-order valence-corrected chi connectivity index (χ4v) is 4.86. The van der Waals surface area contributed by atoms with Crippen LogP contribution in [0.2, 0.25) is 0 Å². The number of carbonyl (C=O) groups excluding carboxylic acids is 2. The second-order valence-electron chi connectivity index (χ2n) is 9.19. The summed E-state index contributed by atoms with van der Waals surface area (Å²) in [4.78, 5) is 28.9. The molecule has 37 heavy (non-hydrogen) atoms. The van der Waals surface area contributed by atoms with E-state index in [-0.39, 0.29) is 11.3 Å². The Labute approximate surface area is 219 Å². The summed E-state index contributed by atoms with van der Waals surface area (Å²) in [6, 6.07) is 10.7. The molecule has 11 heteroatoms. The molecule has 2 amide bonds. The maximum Gasteiger partial charge on any atom is 0.416 e. The van der Waals surface area contributed by atoms with Gasteiger partial charge in [0.1, 0.15) is 5.66 Å². The highest BCUT2D eigenvalue weighted by Gasteiger charge is 2.36. The first kappa shape index (κ1) is 28.8. The number of nitrogens with zero attached hydrogens (tertiary/aromatic N) is 1. The minimum atomic E-state index is -4.61. The van der Waals surface area contributed by atoms with E-state index in [1.165, 1.54) is 0 Å². The van der Waals surface area contributed by atoms with Gasteiger partial charge in [-0.25, -0.2) is 0 Å². The normalized spacial score (nSPS) is 18.4. The Morgan fingerprint density at radius 1 is 1.16 bits per heavy atom. The van der Waals surface area contributed by atoms with E-state index in [1.54, 1.807) is 11.8 Å². The highest BCUT2D eigenvalue weighted by atomic mass is 32.2. The van der Waals surface area contributed by atoms with Crippen molar-refractivity contribution < 1.29 is 22.8 Å². The van der Waals surface area contributed by atoms with Crippen LogP contribution in [0.1, 0.15) is 47.7 Å². The average molecular weight is 538 g/mol. The molecule has 0 aliphatic carbocycles. The summed E-state index contributed by atoms with van der Waals surface area (Å²) in [5, 5.41) is 8.98. The van der Waals surface area contributed by atoms with E-state index >= 15 is 0 Å². The molecule has 1 saturated heterocycles. The van der Waals surface area contributed by atoms with Crippen LogP contribution < -0.4 is 21.7 Å². The highest BCUT2D eigenvalue weighted by Crippen LogP contribution is 2.31. The third kappa shape index (κ3) is 8.11. The molecule has 0 saturated carbocycles. The third-order valence-electron chi connectivity index (χ3n) is 6.31. The van der Waals surface area contributed by atoms with Crippen LogP contribution in [0.4, 0.5) is 18.9 Å². The van der Waals surface area contributed by atoms with E-state index in [1.807, 2.05) is 30.5 Å². The summed E-state index contributed by atoms with van der Waals surface area (Å²) in [6.07, 6.45) is -0.0295. The number of anilines is 1. The molecule has 1 aliphatic rings. The van der Waals surface area contributed by atoms with E-state index in [9.17, 15) is 22.8 Å². The Hall–Kier alpha value is -2.76. The molecule has 5 N–H and O–H groups in total. The second-order valence-corrected chi connectivity index (χ2v) is 10.1. The largest absolute Gasteiger partial charge is 0.416 e. The molecular weight excluding hydrogens is 503 g/mol. The number of carbonyl (C=O) groups is 2. The molecule has 0 spiro atoms. The number of likely N-dealkylation sites (tertiary alicyclic amines) is 1. The number of hydrogen-bond acceptors (Lipinski definition) is 6. The van der Waals surface area contributed by atoms with Crippen molar-refractivity contribution in [2.45, 2.75) is 49.5 Å². The zero-order valence-electron chi connectivity index (χ0n) is 21.1. The van der Waals surface area contributed by atoms with Crippen LogP contribution in [0.3, 0.4) is 0 Å². The molecule has 202 valence electrons. The van der Waals surface area contributed by atoms with Crippen LogP contribution in [-0.4, -0.2) is 54.8 Å². The molecule has 1 atom stereocenters. The first-order chi connectivity index (χ1) is 17.5. The zero-order chi connectivity index (χ0) is 27.1. The Morgan fingerprint density at radius 2 is 1.89 bits per heavy atom.